The van der Waals surface area contributed by atoms with E-state index in [9.17, 15) is 27.9 Å². The van der Waals surface area contributed by atoms with Crippen LogP contribution in [0.2, 0.25) is 0 Å². The summed E-state index contributed by atoms with van der Waals surface area (Å²) >= 11 is 1.03. The number of rotatable bonds is 3. The molecule has 0 atom stereocenters. The first-order valence-electron chi connectivity index (χ1n) is 6.58. The lowest BCUT2D eigenvalue weighted by molar-refractivity contribution is -0.141. The summed E-state index contributed by atoms with van der Waals surface area (Å²) in [5.74, 6) is -1.48. The molecule has 0 aliphatic rings. The summed E-state index contributed by atoms with van der Waals surface area (Å²) in [5.41, 5.74) is -2.17. The monoisotopic (exact) mass is 368 g/mol. The summed E-state index contributed by atoms with van der Waals surface area (Å²) < 4.78 is 42.4. The predicted molar refractivity (Wildman–Crippen MR) is 80.7 cm³/mol. The summed E-state index contributed by atoms with van der Waals surface area (Å²) in [5, 5.41) is 14.7. The average molecular weight is 368 g/mol. The first-order valence-corrected chi connectivity index (χ1v) is 7.42. The van der Waals surface area contributed by atoms with E-state index in [4.69, 9.17) is 0 Å². The van der Waals surface area contributed by atoms with E-state index in [2.05, 4.69) is 14.5 Å². The Kier molecular flexibility index (Phi) is 4.08. The highest BCUT2D eigenvalue weighted by atomic mass is 32.1. The molecule has 25 heavy (non-hydrogen) atoms. The third-order valence-corrected chi connectivity index (χ3v) is 3.73. The molecular formula is C14H7F3N4O3S. The lowest BCUT2D eigenvalue weighted by Gasteiger charge is -2.09. The van der Waals surface area contributed by atoms with Gasteiger partial charge in [-0.25, -0.2) is 4.79 Å². The molecule has 0 unspecified atom stereocenters. The number of aromatic carboxylic acids is 1. The average Bonchev–Trinajstić information content (AvgIpc) is 3.08. The highest BCUT2D eigenvalue weighted by molar-refractivity contribution is 7.03. The second kappa shape index (κ2) is 6.09. The van der Waals surface area contributed by atoms with Gasteiger partial charge in [-0.2, -0.15) is 27.3 Å². The van der Waals surface area contributed by atoms with Crippen LogP contribution in [-0.2, 0) is 6.18 Å². The zero-order valence-electron chi connectivity index (χ0n) is 12.1. The van der Waals surface area contributed by atoms with Crippen LogP contribution in [0.1, 0.15) is 16.1 Å². The first-order chi connectivity index (χ1) is 11.8. The molecule has 3 aromatic rings. The van der Waals surface area contributed by atoms with Crippen molar-refractivity contribution in [3.8, 4) is 16.9 Å². The normalized spacial score (nSPS) is 11.5. The molecule has 0 radical (unpaired) electrons. The smallest absolute Gasteiger partial charge is 0.433 e. The van der Waals surface area contributed by atoms with Crippen molar-refractivity contribution in [2.45, 2.75) is 6.18 Å². The van der Waals surface area contributed by atoms with E-state index in [-0.39, 0.29) is 16.9 Å². The maximum Gasteiger partial charge on any atom is 0.433 e. The highest BCUT2D eigenvalue weighted by Crippen LogP contribution is 2.28. The molecule has 11 heteroatoms. The van der Waals surface area contributed by atoms with E-state index in [0.717, 1.165) is 40.6 Å². The van der Waals surface area contributed by atoms with Crippen LogP contribution >= 0.6 is 11.5 Å². The van der Waals surface area contributed by atoms with Crippen molar-refractivity contribution in [1.29, 1.82) is 0 Å². The Labute approximate surface area is 141 Å². The maximum absolute atomic E-state index is 12.6. The number of hydrogen-bond donors (Lipinski definition) is 1. The molecule has 0 saturated carbocycles. The number of alkyl halides is 3. The van der Waals surface area contributed by atoms with Crippen molar-refractivity contribution in [3.63, 3.8) is 0 Å². The van der Waals surface area contributed by atoms with Crippen LogP contribution in [0, 0.1) is 0 Å². The Morgan fingerprint density at radius 3 is 2.52 bits per heavy atom. The summed E-state index contributed by atoms with van der Waals surface area (Å²) in [6.07, 6.45) is -2.36. The number of carbonyl (C=O) groups is 1. The second-order valence-electron chi connectivity index (χ2n) is 4.78. The van der Waals surface area contributed by atoms with Gasteiger partial charge in [-0.15, -0.1) is 0 Å². The largest absolute Gasteiger partial charge is 0.477 e. The van der Waals surface area contributed by atoms with Gasteiger partial charge in [-0.3, -0.25) is 9.78 Å². The van der Waals surface area contributed by atoms with Gasteiger partial charge in [0.25, 0.3) is 5.56 Å². The fourth-order valence-electron chi connectivity index (χ4n) is 1.98. The number of pyridine rings is 1. The summed E-state index contributed by atoms with van der Waals surface area (Å²) in [4.78, 5) is 26.8. The van der Waals surface area contributed by atoms with Crippen LogP contribution in [-0.4, -0.2) is 30.2 Å². The van der Waals surface area contributed by atoms with Crippen molar-refractivity contribution in [3.05, 3.63) is 57.6 Å². The Hall–Kier alpha value is -3.08. The number of nitrogens with zero attached hydrogens (tertiary/aromatic N) is 4. The minimum Gasteiger partial charge on any atom is -0.477 e. The fraction of sp³-hybridized carbons (Fsp3) is 0.0714. The van der Waals surface area contributed by atoms with Crippen LogP contribution < -0.4 is 5.56 Å². The highest BCUT2D eigenvalue weighted by Gasteiger charge is 2.32. The second-order valence-corrected chi connectivity index (χ2v) is 5.44. The molecule has 0 aromatic carbocycles. The molecule has 0 spiro atoms. The van der Waals surface area contributed by atoms with E-state index in [1.54, 1.807) is 0 Å². The van der Waals surface area contributed by atoms with E-state index in [1.807, 2.05) is 0 Å². The van der Waals surface area contributed by atoms with Crippen LogP contribution in [0.5, 0.6) is 0 Å². The Bertz CT molecular complexity index is 982. The molecule has 0 fully saturated rings. The van der Waals surface area contributed by atoms with Crippen molar-refractivity contribution in [2.75, 3.05) is 0 Å². The molecule has 0 bridgehead atoms. The lowest BCUT2D eigenvalue weighted by atomic mass is 10.1. The standard InChI is InChI=1S/C14H7F3N4O3S/c15-14(16,17)11-2-1-7(4-18-11)10-3-9(13(23)24)12(22)21(20-10)8-5-19-25-6-8/h1-6H,(H,23,24). The van der Waals surface area contributed by atoms with Crippen LogP contribution in [0.25, 0.3) is 16.9 Å². The Balaban J connectivity index is 2.16. The van der Waals surface area contributed by atoms with E-state index in [1.165, 1.54) is 11.6 Å². The molecule has 1 N–H and O–H groups in total. The number of aromatic nitrogens is 4. The molecule has 3 aromatic heterocycles. The van der Waals surface area contributed by atoms with Crippen molar-refractivity contribution in [1.82, 2.24) is 19.1 Å². The quantitative estimate of drug-likeness (QED) is 0.763. The summed E-state index contributed by atoms with van der Waals surface area (Å²) in [6.45, 7) is 0. The van der Waals surface area contributed by atoms with E-state index >= 15 is 0 Å². The Morgan fingerprint density at radius 1 is 1.24 bits per heavy atom. The minimum absolute atomic E-state index is 0.00979. The molecule has 0 aliphatic heterocycles. The van der Waals surface area contributed by atoms with Crippen molar-refractivity contribution >= 4 is 17.5 Å². The van der Waals surface area contributed by atoms with Gasteiger partial charge in [-0.05, 0) is 29.7 Å². The van der Waals surface area contributed by atoms with Gasteiger partial charge in [0.15, 0.2) is 0 Å². The molecule has 0 amide bonds. The number of halogens is 3. The topological polar surface area (TPSA) is 98.0 Å². The molecule has 128 valence electrons. The first kappa shape index (κ1) is 16.8. The number of carboxylic acid groups (broad SMARTS) is 1. The van der Waals surface area contributed by atoms with Crippen molar-refractivity contribution in [2.24, 2.45) is 0 Å². The summed E-state index contributed by atoms with van der Waals surface area (Å²) in [7, 11) is 0. The zero-order valence-corrected chi connectivity index (χ0v) is 12.9. The lowest BCUT2D eigenvalue weighted by Crippen LogP contribution is -2.27. The van der Waals surface area contributed by atoms with Crippen LogP contribution in [0.15, 0.2) is 40.8 Å². The maximum atomic E-state index is 12.6. The van der Waals surface area contributed by atoms with Gasteiger partial charge in [0.2, 0.25) is 0 Å². The third kappa shape index (κ3) is 3.26. The van der Waals surface area contributed by atoms with Gasteiger partial charge in [-0.1, -0.05) is 0 Å². The summed E-state index contributed by atoms with van der Waals surface area (Å²) in [6, 6.07) is 2.84. The van der Waals surface area contributed by atoms with Gasteiger partial charge < -0.3 is 5.11 Å². The molecule has 3 heterocycles. The fourth-order valence-corrected chi connectivity index (χ4v) is 2.48. The van der Waals surface area contributed by atoms with Gasteiger partial charge in [0.1, 0.15) is 11.3 Å². The van der Waals surface area contributed by atoms with Crippen molar-refractivity contribution < 1.29 is 23.1 Å². The number of carboxylic acids is 1. The van der Waals surface area contributed by atoms with Gasteiger partial charge in [0, 0.05) is 17.1 Å². The predicted octanol–water partition coefficient (Wildman–Crippen LogP) is 2.47. The molecule has 0 saturated heterocycles. The molecule has 0 aliphatic carbocycles. The van der Waals surface area contributed by atoms with E-state index < -0.39 is 29.0 Å². The third-order valence-electron chi connectivity index (χ3n) is 3.16. The molecular weight excluding hydrogens is 361 g/mol. The Morgan fingerprint density at radius 2 is 2.00 bits per heavy atom. The molecule has 3 rings (SSSR count). The zero-order chi connectivity index (χ0) is 18.2. The number of hydrogen-bond acceptors (Lipinski definition) is 6. The van der Waals surface area contributed by atoms with Gasteiger partial charge in [0.05, 0.1) is 17.6 Å². The molecule has 7 nitrogen and oxygen atoms in total. The van der Waals surface area contributed by atoms with Crippen LogP contribution in [0.3, 0.4) is 0 Å². The van der Waals surface area contributed by atoms with Crippen LogP contribution in [0.4, 0.5) is 13.2 Å². The van der Waals surface area contributed by atoms with Gasteiger partial charge >= 0.3 is 12.1 Å². The SMILES string of the molecule is O=C(O)c1cc(-c2ccc(C(F)(F)F)nc2)nn(-c2cnsc2)c1=O. The minimum atomic E-state index is -4.60. The van der Waals surface area contributed by atoms with E-state index in [0.29, 0.717) is 0 Å².